The monoisotopic (exact) mass is 388 g/mol. The maximum atomic E-state index is 5.07. The van der Waals surface area contributed by atoms with Crippen molar-refractivity contribution in [2.45, 2.75) is 13.0 Å². The molecule has 0 aromatic carbocycles. The normalized spacial score (nSPS) is 13.1. The van der Waals surface area contributed by atoms with E-state index in [1.54, 1.807) is 21.3 Å². The van der Waals surface area contributed by atoms with Gasteiger partial charge in [-0.2, -0.15) is 0 Å². The fourth-order valence-corrected chi connectivity index (χ4v) is 1.44. The molecule has 0 amide bonds. The molecule has 0 fully saturated rings. The van der Waals surface area contributed by atoms with Crippen molar-refractivity contribution >= 4 is 29.9 Å². The Kier molecular flexibility index (Phi) is 15.9. The van der Waals surface area contributed by atoms with Gasteiger partial charge in [-0.15, -0.1) is 24.0 Å². The number of methoxy groups -OCH3 is 2. The third kappa shape index (κ3) is 12.6. The second-order valence-corrected chi connectivity index (χ2v) is 4.30. The molecule has 0 spiro atoms. The number of likely N-dealkylation sites (N-methyl/N-ethyl adjacent to an activating group) is 1. The first kappa shape index (κ1) is 21.2. The van der Waals surface area contributed by atoms with E-state index >= 15 is 0 Å². The molecule has 116 valence electrons. The molecule has 0 aliphatic heterocycles. The molecule has 19 heavy (non-hydrogen) atoms. The lowest BCUT2D eigenvalue weighted by Crippen LogP contribution is -2.46. The van der Waals surface area contributed by atoms with Crippen LogP contribution >= 0.6 is 24.0 Å². The minimum atomic E-state index is 0. The summed E-state index contributed by atoms with van der Waals surface area (Å²) in [4.78, 5) is 6.38. The van der Waals surface area contributed by atoms with Crippen molar-refractivity contribution in [2.24, 2.45) is 4.99 Å². The molecule has 0 aliphatic rings. The molecule has 0 aromatic heterocycles. The van der Waals surface area contributed by atoms with Crippen LogP contribution in [-0.2, 0) is 9.47 Å². The number of nitrogens with one attached hydrogen (secondary N) is 2. The van der Waals surface area contributed by atoms with Crippen LogP contribution in [0.1, 0.15) is 6.92 Å². The van der Waals surface area contributed by atoms with Crippen molar-refractivity contribution < 1.29 is 9.47 Å². The Bertz CT molecular complexity index is 230. The van der Waals surface area contributed by atoms with Crippen molar-refractivity contribution in [3.63, 3.8) is 0 Å². The molecule has 0 bridgehead atoms. The first-order valence-electron chi connectivity index (χ1n) is 6.27. The Labute approximate surface area is 134 Å². The van der Waals surface area contributed by atoms with Crippen molar-refractivity contribution in [1.29, 1.82) is 0 Å². The van der Waals surface area contributed by atoms with Crippen molar-refractivity contribution in [2.75, 3.05) is 61.2 Å². The number of hydrogen-bond acceptors (Lipinski definition) is 4. The first-order chi connectivity index (χ1) is 8.63. The quantitative estimate of drug-likeness (QED) is 0.340. The molecule has 0 heterocycles. The number of aliphatic imine (C=N–C) groups is 1. The highest BCUT2D eigenvalue weighted by Gasteiger charge is 2.04. The summed E-state index contributed by atoms with van der Waals surface area (Å²) in [5, 5.41) is 6.52. The third-order valence-corrected chi connectivity index (χ3v) is 2.49. The average molecular weight is 388 g/mol. The number of guanidine groups is 1. The lowest BCUT2D eigenvalue weighted by molar-refractivity contribution is 0.162. The molecule has 6 nitrogen and oxygen atoms in total. The van der Waals surface area contributed by atoms with E-state index in [1.165, 1.54) is 0 Å². The predicted octanol–water partition coefficient (Wildman–Crippen LogP) is 0.383. The van der Waals surface area contributed by atoms with Gasteiger partial charge < -0.3 is 25.0 Å². The summed E-state index contributed by atoms with van der Waals surface area (Å²) in [6, 6.07) is 0.243. The Morgan fingerprint density at radius 2 is 1.95 bits per heavy atom. The van der Waals surface area contributed by atoms with Crippen molar-refractivity contribution in [3.05, 3.63) is 0 Å². The topological polar surface area (TPSA) is 58.1 Å². The van der Waals surface area contributed by atoms with E-state index in [2.05, 4.69) is 34.5 Å². The van der Waals surface area contributed by atoms with Crippen LogP contribution in [0.25, 0.3) is 0 Å². The van der Waals surface area contributed by atoms with Crippen LogP contribution in [0.3, 0.4) is 0 Å². The summed E-state index contributed by atoms with van der Waals surface area (Å²) in [5.41, 5.74) is 0. The lowest BCUT2D eigenvalue weighted by Gasteiger charge is -2.19. The molecule has 0 rings (SSSR count). The molecule has 1 unspecified atom stereocenters. The van der Waals surface area contributed by atoms with Gasteiger partial charge in [0.1, 0.15) is 0 Å². The van der Waals surface area contributed by atoms with Gasteiger partial charge in [-0.3, -0.25) is 4.99 Å². The molecule has 0 radical (unpaired) electrons. The number of nitrogens with zero attached hydrogens (tertiary/aromatic N) is 2. The van der Waals surface area contributed by atoms with E-state index in [9.17, 15) is 0 Å². The van der Waals surface area contributed by atoms with E-state index in [4.69, 9.17) is 9.47 Å². The minimum Gasteiger partial charge on any atom is -0.383 e. The third-order valence-electron chi connectivity index (χ3n) is 2.49. The maximum absolute atomic E-state index is 5.07. The first-order valence-corrected chi connectivity index (χ1v) is 6.27. The highest BCUT2D eigenvalue weighted by Crippen LogP contribution is 1.84. The smallest absolute Gasteiger partial charge is 0.191 e. The van der Waals surface area contributed by atoms with Crippen molar-refractivity contribution in [3.8, 4) is 0 Å². The van der Waals surface area contributed by atoms with Crippen LogP contribution in [0.15, 0.2) is 4.99 Å². The average Bonchev–Trinajstić information content (AvgIpc) is 2.35. The van der Waals surface area contributed by atoms with Crippen LogP contribution in [0.2, 0.25) is 0 Å². The van der Waals surface area contributed by atoms with Crippen LogP contribution in [0.4, 0.5) is 0 Å². The van der Waals surface area contributed by atoms with E-state index in [1.807, 2.05) is 0 Å². The van der Waals surface area contributed by atoms with Crippen molar-refractivity contribution in [1.82, 2.24) is 15.5 Å². The zero-order valence-electron chi connectivity index (χ0n) is 12.7. The van der Waals surface area contributed by atoms with E-state index in [0.29, 0.717) is 6.61 Å². The van der Waals surface area contributed by atoms with Gasteiger partial charge in [0, 0.05) is 46.9 Å². The number of hydrogen-bond donors (Lipinski definition) is 2. The summed E-state index contributed by atoms with van der Waals surface area (Å²) < 4.78 is 10.1. The van der Waals surface area contributed by atoms with Gasteiger partial charge in [-0.25, -0.2) is 0 Å². The Balaban J connectivity index is 0. The van der Waals surface area contributed by atoms with Gasteiger partial charge in [0.25, 0.3) is 0 Å². The number of rotatable bonds is 9. The number of ether oxygens (including phenoxy) is 2. The van der Waals surface area contributed by atoms with Gasteiger partial charge in [0.05, 0.1) is 13.2 Å². The summed E-state index contributed by atoms with van der Waals surface area (Å²) in [5.74, 6) is 0.805. The molecule has 0 aliphatic carbocycles. The maximum Gasteiger partial charge on any atom is 0.191 e. The number of halogens is 1. The fraction of sp³-hybridized carbons (Fsp3) is 0.917. The Morgan fingerprint density at radius 1 is 1.26 bits per heavy atom. The van der Waals surface area contributed by atoms with Gasteiger partial charge in [0.15, 0.2) is 5.96 Å². The summed E-state index contributed by atoms with van der Waals surface area (Å²) in [6.45, 7) is 6.20. The second-order valence-electron chi connectivity index (χ2n) is 4.30. The summed E-state index contributed by atoms with van der Waals surface area (Å²) >= 11 is 0. The molecule has 7 heteroatoms. The minimum absolute atomic E-state index is 0. The van der Waals surface area contributed by atoms with Crippen LogP contribution in [0.5, 0.6) is 0 Å². The zero-order valence-corrected chi connectivity index (χ0v) is 15.1. The van der Waals surface area contributed by atoms with Gasteiger partial charge >= 0.3 is 0 Å². The molecular formula is C12H29IN4O2. The second kappa shape index (κ2) is 14.3. The highest BCUT2D eigenvalue weighted by atomic mass is 127. The Morgan fingerprint density at radius 3 is 2.47 bits per heavy atom. The van der Waals surface area contributed by atoms with Crippen LogP contribution in [-0.4, -0.2) is 78.1 Å². The fourth-order valence-electron chi connectivity index (χ4n) is 1.44. The molecule has 0 saturated carbocycles. The molecular weight excluding hydrogens is 359 g/mol. The van der Waals surface area contributed by atoms with Gasteiger partial charge in [-0.1, -0.05) is 0 Å². The summed E-state index contributed by atoms with van der Waals surface area (Å²) in [7, 11) is 7.25. The summed E-state index contributed by atoms with van der Waals surface area (Å²) in [6.07, 6.45) is 0. The molecule has 0 aromatic rings. The predicted molar refractivity (Wildman–Crippen MR) is 90.6 cm³/mol. The standard InChI is InChI=1S/C12H28N4O2.HI/c1-11(10-18-5)15-12(13-2)14-6-7-16(3)8-9-17-4;/h11H,6-10H2,1-5H3,(H2,13,14,15);1H. The van der Waals surface area contributed by atoms with Gasteiger partial charge in [0.2, 0.25) is 0 Å². The SMILES string of the molecule is CN=C(NCCN(C)CCOC)NC(C)COC.I. The van der Waals surface area contributed by atoms with Gasteiger partial charge in [-0.05, 0) is 14.0 Å². The molecule has 0 saturated heterocycles. The van der Waals surface area contributed by atoms with E-state index in [-0.39, 0.29) is 30.0 Å². The van der Waals surface area contributed by atoms with E-state index in [0.717, 1.165) is 32.2 Å². The largest absolute Gasteiger partial charge is 0.383 e. The molecule has 1 atom stereocenters. The van der Waals surface area contributed by atoms with Crippen LogP contribution in [0, 0.1) is 0 Å². The lowest BCUT2D eigenvalue weighted by atomic mass is 10.4. The highest BCUT2D eigenvalue weighted by molar-refractivity contribution is 14.0. The molecule has 2 N–H and O–H groups in total. The zero-order chi connectivity index (χ0) is 13.8. The van der Waals surface area contributed by atoms with E-state index < -0.39 is 0 Å². The van der Waals surface area contributed by atoms with Crippen LogP contribution < -0.4 is 10.6 Å². The Hall–Kier alpha value is -0.120.